The highest BCUT2D eigenvalue weighted by molar-refractivity contribution is 9.10. The zero-order valence-electron chi connectivity index (χ0n) is 9.51. The van der Waals surface area contributed by atoms with Gasteiger partial charge >= 0.3 is 5.97 Å². The van der Waals surface area contributed by atoms with Crippen LogP contribution in [0.5, 0.6) is 0 Å². The first-order valence-corrected chi connectivity index (χ1v) is 6.04. The van der Waals surface area contributed by atoms with Gasteiger partial charge in [-0.05, 0) is 23.8 Å². The van der Waals surface area contributed by atoms with Crippen LogP contribution >= 0.6 is 15.9 Å². The van der Waals surface area contributed by atoms with Crippen LogP contribution in [0, 0.1) is 0 Å². The van der Waals surface area contributed by atoms with Gasteiger partial charge in [-0.3, -0.25) is 19.3 Å². The number of nitrogens with zero attached hydrogens (tertiary/aromatic N) is 1. The molecule has 0 aliphatic carbocycles. The van der Waals surface area contributed by atoms with E-state index in [1.165, 1.54) is 7.05 Å². The molecule has 5 nitrogen and oxygen atoms in total. The number of halogens is 1. The van der Waals surface area contributed by atoms with Gasteiger partial charge in [0, 0.05) is 17.1 Å². The Kier molecular flexibility index (Phi) is 3.21. The molecule has 6 heteroatoms. The average Bonchev–Trinajstić information content (AvgIpc) is 2.31. The molecule has 1 atom stereocenters. The van der Waals surface area contributed by atoms with E-state index < -0.39 is 23.7 Å². The summed E-state index contributed by atoms with van der Waals surface area (Å²) in [6.45, 7) is 0. The van der Waals surface area contributed by atoms with Gasteiger partial charge in [-0.15, -0.1) is 0 Å². The van der Waals surface area contributed by atoms with Gasteiger partial charge in [0.05, 0.1) is 12.3 Å². The fourth-order valence-corrected chi connectivity index (χ4v) is 2.41. The van der Waals surface area contributed by atoms with Crippen molar-refractivity contribution in [2.24, 2.45) is 0 Å². The first kappa shape index (κ1) is 12.8. The van der Waals surface area contributed by atoms with Crippen molar-refractivity contribution in [2.45, 2.75) is 12.3 Å². The average molecular weight is 312 g/mol. The minimum atomic E-state index is -1.07. The van der Waals surface area contributed by atoms with Crippen molar-refractivity contribution in [3.05, 3.63) is 33.8 Å². The Labute approximate surface area is 112 Å². The largest absolute Gasteiger partial charge is 0.481 e. The molecular weight excluding hydrogens is 302 g/mol. The minimum absolute atomic E-state index is 0.320. The van der Waals surface area contributed by atoms with Crippen LogP contribution < -0.4 is 0 Å². The summed E-state index contributed by atoms with van der Waals surface area (Å²) in [6, 6.07) is 4.92. The van der Waals surface area contributed by atoms with Crippen LogP contribution in [0.25, 0.3) is 0 Å². The Morgan fingerprint density at radius 3 is 2.72 bits per heavy atom. The standard InChI is InChI=1S/C12H10BrNO4/c1-14-11(17)7-3-2-6(13)4-8(7)9(12(14)18)5-10(15)16/h2-4,9H,5H2,1H3,(H,15,16). The summed E-state index contributed by atoms with van der Waals surface area (Å²) in [5.74, 6) is -2.75. The van der Waals surface area contributed by atoms with Crippen LogP contribution in [-0.2, 0) is 9.59 Å². The van der Waals surface area contributed by atoms with Crippen LogP contribution in [0.1, 0.15) is 28.3 Å². The van der Waals surface area contributed by atoms with Crippen molar-refractivity contribution in [3.8, 4) is 0 Å². The molecule has 1 aromatic rings. The number of carboxylic acid groups (broad SMARTS) is 1. The molecule has 1 aliphatic rings. The van der Waals surface area contributed by atoms with E-state index in [0.717, 1.165) is 4.90 Å². The Morgan fingerprint density at radius 2 is 2.11 bits per heavy atom. The molecule has 0 saturated heterocycles. The number of fused-ring (bicyclic) bond motifs is 1. The number of rotatable bonds is 2. The number of aliphatic carboxylic acids is 1. The zero-order valence-corrected chi connectivity index (χ0v) is 11.1. The fraction of sp³-hybridized carbons (Fsp3) is 0.250. The third-order valence-electron chi connectivity index (χ3n) is 2.93. The number of benzene rings is 1. The first-order chi connectivity index (χ1) is 8.41. The van der Waals surface area contributed by atoms with E-state index in [2.05, 4.69) is 15.9 Å². The Bertz CT molecular complexity index is 555. The number of hydrogen-bond donors (Lipinski definition) is 1. The summed E-state index contributed by atoms with van der Waals surface area (Å²) < 4.78 is 0.710. The molecule has 0 radical (unpaired) electrons. The number of likely N-dealkylation sites (N-methyl/N-ethyl adjacent to an activating group) is 1. The molecule has 1 aliphatic heterocycles. The molecule has 1 unspecified atom stereocenters. The quantitative estimate of drug-likeness (QED) is 0.842. The Hall–Kier alpha value is -1.69. The molecule has 1 heterocycles. The van der Waals surface area contributed by atoms with Gasteiger partial charge in [0.2, 0.25) is 5.91 Å². The van der Waals surface area contributed by atoms with Crippen molar-refractivity contribution in [1.29, 1.82) is 0 Å². The molecule has 0 bridgehead atoms. The van der Waals surface area contributed by atoms with Crippen molar-refractivity contribution < 1.29 is 19.5 Å². The Morgan fingerprint density at radius 1 is 1.44 bits per heavy atom. The van der Waals surface area contributed by atoms with Gasteiger partial charge in [-0.25, -0.2) is 0 Å². The SMILES string of the molecule is CN1C(=O)c2ccc(Br)cc2C(CC(=O)O)C1=O. The summed E-state index contributed by atoms with van der Waals surface area (Å²) in [5.41, 5.74) is 0.853. The third kappa shape index (κ3) is 2.03. The van der Waals surface area contributed by atoms with Crippen LogP contribution in [0.3, 0.4) is 0 Å². The van der Waals surface area contributed by atoms with E-state index >= 15 is 0 Å². The number of carbonyl (C=O) groups is 3. The smallest absolute Gasteiger partial charge is 0.304 e. The van der Waals surface area contributed by atoms with E-state index in [1.807, 2.05) is 0 Å². The van der Waals surface area contributed by atoms with Crippen LogP contribution in [0.2, 0.25) is 0 Å². The van der Waals surface area contributed by atoms with Crippen molar-refractivity contribution >= 4 is 33.7 Å². The second kappa shape index (κ2) is 4.53. The molecule has 1 N–H and O–H groups in total. The lowest BCUT2D eigenvalue weighted by Crippen LogP contribution is -2.42. The van der Waals surface area contributed by atoms with Crippen molar-refractivity contribution in [1.82, 2.24) is 4.90 Å². The van der Waals surface area contributed by atoms with Gasteiger partial charge in [0.15, 0.2) is 0 Å². The second-order valence-corrected chi connectivity index (χ2v) is 5.00. The number of imide groups is 1. The Balaban J connectivity index is 2.57. The third-order valence-corrected chi connectivity index (χ3v) is 3.42. The highest BCUT2D eigenvalue weighted by atomic mass is 79.9. The summed E-state index contributed by atoms with van der Waals surface area (Å²) in [4.78, 5) is 35.7. The van der Waals surface area contributed by atoms with Crippen molar-refractivity contribution in [3.63, 3.8) is 0 Å². The number of carbonyl (C=O) groups excluding carboxylic acids is 2. The molecule has 0 spiro atoms. The van der Waals surface area contributed by atoms with Gasteiger partial charge in [-0.2, -0.15) is 0 Å². The molecule has 2 amide bonds. The summed E-state index contributed by atoms with van der Waals surface area (Å²) in [6.07, 6.45) is -0.320. The van der Waals surface area contributed by atoms with E-state index in [1.54, 1.807) is 18.2 Å². The molecular formula is C12H10BrNO4. The predicted octanol–water partition coefficient (Wildman–Crippen LogP) is 1.62. The topological polar surface area (TPSA) is 74.7 Å². The van der Waals surface area contributed by atoms with Gasteiger partial charge in [-0.1, -0.05) is 15.9 Å². The minimum Gasteiger partial charge on any atom is -0.481 e. The van der Waals surface area contributed by atoms with E-state index in [4.69, 9.17) is 5.11 Å². The molecule has 0 saturated carbocycles. The highest BCUT2D eigenvalue weighted by Gasteiger charge is 2.37. The van der Waals surface area contributed by atoms with Crippen LogP contribution in [0.4, 0.5) is 0 Å². The van der Waals surface area contributed by atoms with E-state index in [9.17, 15) is 14.4 Å². The van der Waals surface area contributed by atoms with Gasteiger partial charge in [0.25, 0.3) is 5.91 Å². The normalized spacial score (nSPS) is 18.8. The summed E-state index contributed by atoms with van der Waals surface area (Å²) in [7, 11) is 1.37. The molecule has 0 fully saturated rings. The highest BCUT2D eigenvalue weighted by Crippen LogP contribution is 2.33. The predicted molar refractivity (Wildman–Crippen MR) is 66.2 cm³/mol. The number of carboxylic acids is 1. The van der Waals surface area contributed by atoms with Gasteiger partial charge < -0.3 is 5.11 Å². The summed E-state index contributed by atoms with van der Waals surface area (Å²) in [5, 5.41) is 8.86. The van der Waals surface area contributed by atoms with Crippen LogP contribution in [-0.4, -0.2) is 34.8 Å². The molecule has 0 aromatic heterocycles. The molecule has 18 heavy (non-hydrogen) atoms. The zero-order chi connectivity index (χ0) is 13.4. The molecule has 94 valence electrons. The lowest BCUT2D eigenvalue weighted by atomic mass is 9.86. The fourth-order valence-electron chi connectivity index (χ4n) is 2.04. The maximum absolute atomic E-state index is 12.0. The van der Waals surface area contributed by atoms with Gasteiger partial charge in [0.1, 0.15) is 0 Å². The molecule has 2 rings (SSSR count). The monoisotopic (exact) mass is 311 g/mol. The first-order valence-electron chi connectivity index (χ1n) is 5.25. The van der Waals surface area contributed by atoms with Crippen LogP contribution in [0.15, 0.2) is 22.7 Å². The lowest BCUT2D eigenvalue weighted by Gasteiger charge is -2.29. The van der Waals surface area contributed by atoms with E-state index in [0.29, 0.717) is 15.6 Å². The lowest BCUT2D eigenvalue weighted by molar-refractivity contribution is -0.141. The number of amides is 2. The maximum atomic E-state index is 12.0. The second-order valence-electron chi connectivity index (χ2n) is 4.08. The number of hydrogen-bond acceptors (Lipinski definition) is 3. The molecule has 1 aromatic carbocycles. The van der Waals surface area contributed by atoms with E-state index in [-0.39, 0.29) is 6.42 Å². The maximum Gasteiger partial charge on any atom is 0.304 e. The summed E-state index contributed by atoms with van der Waals surface area (Å²) >= 11 is 3.26. The van der Waals surface area contributed by atoms with Crippen molar-refractivity contribution in [2.75, 3.05) is 7.05 Å².